The zero-order valence-corrected chi connectivity index (χ0v) is 7.55. The van der Waals surface area contributed by atoms with Gasteiger partial charge in [-0.2, -0.15) is 0 Å². The van der Waals surface area contributed by atoms with Crippen LogP contribution in [0.1, 0.15) is 5.56 Å². The molecule has 72 valence electrons. The Morgan fingerprint density at radius 1 is 1.23 bits per heavy atom. The van der Waals surface area contributed by atoms with Gasteiger partial charge in [0.1, 0.15) is 11.6 Å². The maximum atomic E-state index is 12.8. The average Bonchev–Trinajstić information content (AvgIpc) is 1.97. The Morgan fingerprint density at radius 3 is 1.92 bits per heavy atom. The van der Waals surface area contributed by atoms with Crippen molar-refractivity contribution in [1.82, 2.24) is 0 Å². The minimum atomic E-state index is -4.57. The molecule has 6 heteroatoms. The predicted molar refractivity (Wildman–Crippen MR) is 42.8 cm³/mol. The second-order valence-electron chi connectivity index (χ2n) is 2.58. The predicted octanol–water partition coefficient (Wildman–Crippen LogP) is 1.08. The topological polar surface area (TPSA) is 57.5 Å². The number of benzene rings is 1. The highest BCUT2D eigenvalue weighted by Gasteiger charge is 2.20. The van der Waals surface area contributed by atoms with Crippen molar-refractivity contribution in [3.8, 4) is 0 Å². The molecule has 1 rings (SSSR count). The summed E-state index contributed by atoms with van der Waals surface area (Å²) >= 11 is 0. The molecule has 0 unspecified atom stereocenters. The molecule has 0 atom stereocenters. The molecule has 0 radical (unpaired) electrons. The first-order valence-electron chi connectivity index (χ1n) is 3.34. The van der Waals surface area contributed by atoms with E-state index in [1.165, 1.54) is 6.92 Å². The molecule has 0 fully saturated rings. The molecule has 0 saturated heterocycles. The zero-order chi connectivity index (χ0) is 10.2. The van der Waals surface area contributed by atoms with Gasteiger partial charge in [0.15, 0.2) is 0 Å². The van der Waals surface area contributed by atoms with E-state index in [9.17, 15) is 13.3 Å². The minimum absolute atomic E-state index is 0.253. The Bertz CT molecular complexity index is 362. The van der Waals surface area contributed by atoms with Crippen LogP contribution in [0.2, 0.25) is 0 Å². The average molecular weight is 208 g/mol. The van der Waals surface area contributed by atoms with Crippen LogP contribution in [0.25, 0.3) is 0 Å². The summed E-state index contributed by atoms with van der Waals surface area (Å²) in [7, 11) is -4.57. The van der Waals surface area contributed by atoms with Crippen LogP contribution in [0.4, 0.5) is 8.78 Å². The molecule has 13 heavy (non-hydrogen) atoms. The third-order valence-corrected chi connectivity index (χ3v) is 2.53. The van der Waals surface area contributed by atoms with Gasteiger partial charge in [-0.3, -0.25) is 4.57 Å². The van der Waals surface area contributed by atoms with Crippen molar-refractivity contribution in [3.05, 3.63) is 29.3 Å². The monoisotopic (exact) mass is 208 g/mol. The van der Waals surface area contributed by atoms with Gasteiger partial charge in [0.25, 0.3) is 0 Å². The van der Waals surface area contributed by atoms with Crippen LogP contribution in [0.3, 0.4) is 0 Å². The maximum Gasteiger partial charge on any atom is 0.356 e. The molecule has 0 amide bonds. The summed E-state index contributed by atoms with van der Waals surface area (Å²) in [6.45, 7) is 1.19. The summed E-state index contributed by atoms with van der Waals surface area (Å²) in [5.74, 6) is -1.92. The van der Waals surface area contributed by atoms with Gasteiger partial charge in [-0.15, -0.1) is 0 Å². The normalized spacial score (nSPS) is 11.8. The van der Waals surface area contributed by atoms with Crippen molar-refractivity contribution in [1.29, 1.82) is 0 Å². The molecule has 0 heterocycles. The second-order valence-corrected chi connectivity index (χ2v) is 4.18. The third-order valence-electron chi connectivity index (χ3n) is 1.60. The van der Waals surface area contributed by atoms with Crippen LogP contribution in [-0.4, -0.2) is 9.79 Å². The van der Waals surface area contributed by atoms with Crippen molar-refractivity contribution < 1.29 is 23.1 Å². The highest BCUT2D eigenvalue weighted by molar-refractivity contribution is 7.60. The minimum Gasteiger partial charge on any atom is -0.321 e. The van der Waals surface area contributed by atoms with Gasteiger partial charge < -0.3 is 9.79 Å². The van der Waals surface area contributed by atoms with E-state index in [-0.39, 0.29) is 5.56 Å². The lowest BCUT2D eigenvalue weighted by atomic mass is 10.2. The first-order chi connectivity index (χ1) is 5.82. The lowest BCUT2D eigenvalue weighted by Crippen LogP contribution is -2.07. The van der Waals surface area contributed by atoms with E-state index in [0.29, 0.717) is 12.1 Å². The van der Waals surface area contributed by atoms with Gasteiger partial charge in [-0.05, 0) is 19.1 Å². The molecule has 0 aromatic heterocycles. The molecule has 3 nitrogen and oxygen atoms in total. The molecule has 0 aliphatic heterocycles. The Labute approximate surface area is 73.2 Å². The van der Waals surface area contributed by atoms with Gasteiger partial charge in [0, 0.05) is 5.56 Å². The Hall–Kier alpha value is -0.770. The lowest BCUT2D eigenvalue weighted by Gasteiger charge is -2.05. The van der Waals surface area contributed by atoms with E-state index in [1.807, 2.05) is 0 Å². The van der Waals surface area contributed by atoms with Gasteiger partial charge in [-0.25, -0.2) is 8.78 Å². The molecule has 0 saturated carbocycles. The number of hydrogen-bond donors (Lipinski definition) is 2. The summed E-state index contributed by atoms with van der Waals surface area (Å²) < 4.78 is 36.2. The largest absolute Gasteiger partial charge is 0.356 e. The van der Waals surface area contributed by atoms with Crippen LogP contribution in [-0.2, 0) is 4.57 Å². The fraction of sp³-hybridized carbons (Fsp3) is 0.143. The first-order valence-corrected chi connectivity index (χ1v) is 4.95. The molecule has 0 aliphatic carbocycles. The quantitative estimate of drug-likeness (QED) is 0.679. The van der Waals surface area contributed by atoms with E-state index in [0.717, 1.165) is 0 Å². The molecule has 0 bridgehead atoms. The van der Waals surface area contributed by atoms with Crippen LogP contribution >= 0.6 is 7.60 Å². The summed E-state index contributed by atoms with van der Waals surface area (Å²) in [6, 6.07) is 1.28. The smallest absolute Gasteiger partial charge is 0.321 e. The van der Waals surface area contributed by atoms with Crippen molar-refractivity contribution in [2.24, 2.45) is 0 Å². The molecule has 1 aromatic rings. The lowest BCUT2D eigenvalue weighted by molar-refractivity contribution is 0.386. The van der Waals surface area contributed by atoms with Crippen molar-refractivity contribution in [3.63, 3.8) is 0 Å². The Morgan fingerprint density at radius 2 is 1.62 bits per heavy atom. The van der Waals surface area contributed by atoms with Crippen molar-refractivity contribution in [2.45, 2.75) is 6.92 Å². The molecule has 2 N–H and O–H groups in total. The SMILES string of the molecule is Cc1c(F)cc(P(=O)(O)O)cc1F. The van der Waals surface area contributed by atoms with E-state index in [1.54, 1.807) is 0 Å². The molecular weight excluding hydrogens is 201 g/mol. The van der Waals surface area contributed by atoms with Crippen LogP contribution in [0.5, 0.6) is 0 Å². The van der Waals surface area contributed by atoms with Crippen molar-refractivity contribution in [2.75, 3.05) is 0 Å². The summed E-state index contributed by atoms with van der Waals surface area (Å²) in [5, 5.41) is -0.645. The summed E-state index contributed by atoms with van der Waals surface area (Å²) in [5.41, 5.74) is -0.253. The summed E-state index contributed by atoms with van der Waals surface area (Å²) in [4.78, 5) is 17.2. The molecule has 1 aromatic carbocycles. The highest BCUT2D eigenvalue weighted by Crippen LogP contribution is 2.33. The van der Waals surface area contributed by atoms with Gasteiger partial charge in [0.05, 0.1) is 5.30 Å². The molecule has 0 spiro atoms. The fourth-order valence-electron chi connectivity index (χ4n) is 0.800. The van der Waals surface area contributed by atoms with E-state index in [2.05, 4.69) is 0 Å². The van der Waals surface area contributed by atoms with E-state index in [4.69, 9.17) is 9.79 Å². The van der Waals surface area contributed by atoms with E-state index < -0.39 is 24.5 Å². The second kappa shape index (κ2) is 3.18. The highest BCUT2D eigenvalue weighted by atomic mass is 31.2. The first kappa shape index (κ1) is 10.3. The number of halogens is 2. The van der Waals surface area contributed by atoms with Crippen LogP contribution in [0.15, 0.2) is 12.1 Å². The molecular formula is C7H7F2O3P. The van der Waals surface area contributed by atoms with Crippen molar-refractivity contribution >= 4 is 12.9 Å². The Kier molecular flexibility index (Phi) is 2.52. The van der Waals surface area contributed by atoms with E-state index >= 15 is 0 Å². The molecule has 0 aliphatic rings. The number of hydrogen-bond acceptors (Lipinski definition) is 1. The maximum absolute atomic E-state index is 12.8. The van der Waals surface area contributed by atoms with Gasteiger partial charge in [-0.1, -0.05) is 0 Å². The van der Waals surface area contributed by atoms with Gasteiger partial charge in [0.2, 0.25) is 0 Å². The fourth-order valence-corrected chi connectivity index (χ4v) is 1.36. The van der Waals surface area contributed by atoms with Crippen LogP contribution in [0, 0.1) is 18.6 Å². The standard InChI is InChI=1S/C7H7F2O3P/c1-4-6(8)2-5(3-7(4)9)13(10,11)12/h2-3H,1H3,(H2,10,11,12). The Balaban J connectivity index is 3.38. The summed E-state index contributed by atoms with van der Waals surface area (Å²) in [6.07, 6.45) is 0. The number of rotatable bonds is 1. The zero-order valence-electron chi connectivity index (χ0n) is 6.66. The van der Waals surface area contributed by atoms with Gasteiger partial charge >= 0.3 is 7.60 Å². The third kappa shape index (κ3) is 2.12. The van der Waals surface area contributed by atoms with Crippen LogP contribution < -0.4 is 5.30 Å².